The van der Waals surface area contributed by atoms with Crippen molar-refractivity contribution in [2.24, 2.45) is 5.41 Å². The topological polar surface area (TPSA) is 105 Å². The first-order valence-electron chi connectivity index (χ1n) is 10.9. The second-order valence-corrected chi connectivity index (χ2v) is 9.42. The summed E-state index contributed by atoms with van der Waals surface area (Å²) < 4.78 is 5.60. The minimum atomic E-state index is -0.463. The van der Waals surface area contributed by atoms with E-state index >= 15 is 0 Å². The summed E-state index contributed by atoms with van der Waals surface area (Å²) in [6, 6.07) is 3.91. The second kappa shape index (κ2) is 8.27. The van der Waals surface area contributed by atoms with Gasteiger partial charge in [-0.2, -0.15) is 5.10 Å². The Morgan fingerprint density at radius 1 is 1.33 bits per heavy atom. The Labute approximate surface area is 195 Å². The Kier molecular flexibility index (Phi) is 5.41. The van der Waals surface area contributed by atoms with E-state index in [9.17, 15) is 4.79 Å². The number of ether oxygens (including phenoxy) is 1. The Bertz CT molecular complexity index is 1350. The van der Waals surface area contributed by atoms with Crippen molar-refractivity contribution in [1.29, 1.82) is 0 Å². The summed E-state index contributed by atoms with van der Waals surface area (Å²) in [7, 11) is 4.85. The molecule has 5 rings (SSSR count). The molecule has 0 aliphatic heterocycles. The van der Waals surface area contributed by atoms with E-state index in [1.165, 1.54) is 22.6 Å². The number of aromatic nitrogens is 4. The maximum atomic E-state index is 13.1. The largest absolute Gasteiger partial charge is 0.494 e. The molecule has 1 aliphatic carbocycles. The molecule has 1 atom stereocenters. The lowest BCUT2D eigenvalue weighted by atomic mass is 9.71. The van der Waals surface area contributed by atoms with Crippen molar-refractivity contribution in [3.63, 3.8) is 0 Å². The van der Waals surface area contributed by atoms with Gasteiger partial charge in [-0.25, -0.2) is 15.0 Å². The molecule has 33 heavy (non-hydrogen) atoms. The van der Waals surface area contributed by atoms with Gasteiger partial charge in [-0.15, -0.1) is 11.3 Å². The molecule has 2 N–H and O–H groups in total. The van der Waals surface area contributed by atoms with E-state index in [2.05, 4.69) is 32.4 Å². The smallest absolute Gasteiger partial charge is 0.252 e. The normalized spacial score (nSPS) is 17.8. The molecule has 172 valence electrons. The first kappa shape index (κ1) is 21.6. The molecule has 1 aromatic carbocycles. The lowest BCUT2D eigenvalue weighted by molar-refractivity contribution is -0.181. The SMILES string of the molecule is CC[C@@]1(C(=O)N(C)OC)CCc2c(sc3ncnc(Nc4cc5cn[nH]c5cc4OC)c23)C1. The van der Waals surface area contributed by atoms with Gasteiger partial charge in [-0.1, -0.05) is 6.92 Å². The fourth-order valence-electron chi connectivity index (χ4n) is 4.72. The first-order chi connectivity index (χ1) is 16.0. The zero-order valence-electron chi connectivity index (χ0n) is 19.1. The molecule has 9 nitrogen and oxygen atoms in total. The van der Waals surface area contributed by atoms with Gasteiger partial charge >= 0.3 is 0 Å². The zero-order valence-corrected chi connectivity index (χ0v) is 19.9. The molecule has 3 heterocycles. The molecule has 3 aromatic heterocycles. The predicted octanol–water partition coefficient (Wildman–Crippen LogP) is 4.22. The fourth-order valence-corrected chi connectivity index (χ4v) is 6.05. The Morgan fingerprint density at radius 3 is 2.94 bits per heavy atom. The number of carbonyl (C=O) groups excluding carboxylic acids is 1. The van der Waals surface area contributed by atoms with Gasteiger partial charge in [0.25, 0.3) is 5.91 Å². The molecular formula is C23H26N6O3S. The molecule has 0 saturated heterocycles. The number of aromatic amines is 1. The third-order valence-corrected chi connectivity index (χ3v) is 7.87. The number of nitrogens with zero attached hydrogens (tertiary/aromatic N) is 4. The van der Waals surface area contributed by atoms with Crippen LogP contribution in [-0.4, -0.2) is 52.4 Å². The molecule has 0 bridgehead atoms. The van der Waals surface area contributed by atoms with E-state index < -0.39 is 5.41 Å². The molecule has 1 amide bonds. The lowest BCUT2D eigenvalue weighted by Crippen LogP contribution is -2.44. The number of benzene rings is 1. The number of hydroxylamine groups is 2. The highest BCUT2D eigenvalue weighted by Gasteiger charge is 2.43. The molecule has 10 heteroatoms. The van der Waals surface area contributed by atoms with Crippen molar-refractivity contribution in [2.45, 2.75) is 32.6 Å². The number of anilines is 2. The summed E-state index contributed by atoms with van der Waals surface area (Å²) in [5, 5.41) is 13.9. The van der Waals surface area contributed by atoms with Crippen molar-refractivity contribution in [2.75, 3.05) is 26.6 Å². The van der Waals surface area contributed by atoms with E-state index in [1.807, 2.05) is 12.1 Å². The van der Waals surface area contributed by atoms with Gasteiger partial charge in [0.1, 0.15) is 22.7 Å². The Hall–Kier alpha value is -3.24. The monoisotopic (exact) mass is 466 g/mol. The van der Waals surface area contributed by atoms with Crippen LogP contribution in [0.1, 0.15) is 30.2 Å². The van der Waals surface area contributed by atoms with Crippen LogP contribution < -0.4 is 10.1 Å². The summed E-state index contributed by atoms with van der Waals surface area (Å²) >= 11 is 1.64. The summed E-state index contributed by atoms with van der Waals surface area (Å²) in [5.74, 6) is 1.46. The van der Waals surface area contributed by atoms with Crippen molar-refractivity contribution in [3.8, 4) is 5.75 Å². The van der Waals surface area contributed by atoms with Crippen molar-refractivity contribution >= 4 is 49.9 Å². The quantitative estimate of drug-likeness (QED) is 0.410. The molecule has 0 radical (unpaired) electrons. The van der Waals surface area contributed by atoms with Crippen LogP contribution in [0.4, 0.5) is 11.5 Å². The molecule has 0 fully saturated rings. The minimum absolute atomic E-state index is 0.0261. The molecule has 1 aliphatic rings. The van der Waals surface area contributed by atoms with Crippen LogP contribution >= 0.6 is 11.3 Å². The first-order valence-corrected chi connectivity index (χ1v) is 11.7. The molecule has 0 unspecified atom stereocenters. The minimum Gasteiger partial charge on any atom is -0.494 e. The summed E-state index contributed by atoms with van der Waals surface area (Å²) in [5.41, 5.74) is 2.47. The number of carbonyl (C=O) groups is 1. The number of fused-ring (bicyclic) bond motifs is 4. The summed E-state index contributed by atoms with van der Waals surface area (Å²) in [4.78, 5) is 29.5. The van der Waals surface area contributed by atoms with Gasteiger partial charge in [0.15, 0.2) is 0 Å². The number of hydrogen-bond acceptors (Lipinski definition) is 8. The highest BCUT2D eigenvalue weighted by Crippen LogP contribution is 2.47. The van der Waals surface area contributed by atoms with E-state index in [4.69, 9.17) is 9.57 Å². The highest BCUT2D eigenvalue weighted by atomic mass is 32.1. The number of nitrogens with one attached hydrogen (secondary N) is 2. The number of amides is 1. The Morgan fingerprint density at radius 2 is 2.18 bits per heavy atom. The Balaban J connectivity index is 1.55. The van der Waals surface area contributed by atoms with Gasteiger partial charge < -0.3 is 10.1 Å². The van der Waals surface area contributed by atoms with E-state index in [1.54, 1.807) is 38.0 Å². The number of H-pyrrole nitrogens is 1. The highest BCUT2D eigenvalue weighted by molar-refractivity contribution is 7.19. The van der Waals surface area contributed by atoms with Crippen LogP contribution in [0, 0.1) is 5.41 Å². The van der Waals surface area contributed by atoms with Crippen LogP contribution in [0.25, 0.3) is 21.1 Å². The number of hydrogen-bond donors (Lipinski definition) is 2. The van der Waals surface area contributed by atoms with Crippen LogP contribution in [-0.2, 0) is 22.5 Å². The zero-order chi connectivity index (χ0) is 23.2. The van der Waals surface area contributed by atoms with Crippen molar-refractivity contribution in [1.82, 2.24) is 25.2 Å². The maximum Gasteiger partial charge on any atom is 0.252 e. The van der Waals surface area contributed by atoms with E-state index in [0.29, 0.717) is 12.2 Å². The number of methoxy groups -OCH3 is 1. The predicted molar refractivity (Wildman–Crippen MR) is 128 cm³/mol. The van der Waals surface area contributed by atoms with Gasteiger partial charge in [0.2, 0.25) is 0 Å². The molecular weight excluding hydrogens is 440 g/mol. The van der Waals surface area contributed by atoms with Gasteiger partial charge in [-0.3, -0.25) is 14.7 Å². The molecule has 0 saturated carbocycles. The standard InChI is InChI=1S/C23H26N6O3S/c1-5-23(22(30)29(2)32-4)7-6-14-18(10-23)33-21-19(14)20(24-12-25-21)27-16-8-13-11-26-28-15(13)9-17(16)31-3/h8-9,11-12H,5-7,10H2,1-4H3,(H,26,28)(H,24,25,27)/t23-/m1/s1. The van der Waals surface area contributed by atoms with E-state index in [0.717, 1.165) is 51.9 Å². The van der Waals surface area contributed by atoms with E-state index in [-0.39, 0.29) is 5.91 Å². The van der Waals surface area contributed by atoms with Crippen LogP contribution in [0.2, 0.25) is 0 Å². The second-order valence-electron chi connectivity index (χ2n) is 8.34. The average molecular weight is 467 g/mol. The van der Waals surface area contributed by atoms with Crippen LogP contribution in [0.5, 0.6) is 5.75 Å². The van der Waals surface area contributed by atoms with Gasteiger partial charge in [0.05, 0.1) is 42.4 Å². The van der Waals surface area contributed by atoms with Crippen LogP contribution in [0.3, 0.4) is 0 Å². The third kappa shape index (κ3) is 3.50. The lowest BCUT2D eigenvalue weighted by Gasteiger charge is -2.37. The molecule has 4 aromatic rings. The summed E-state index contributed by atoms with van der Waals surface area (Å²) in [6.45, 7) is 2.07. The fraction of sp³-hybridized carbons (Fsp3) is 0.391. The average Bonchev–Trinajstić information content (AvgIpc) is 3.45. The molecule has 0 spiro atoms. The summed E-state index contributed by atoms with van der Waals surface area (Å²) in [6.07, 6.45) is 6.33. The van der Waals surface area contributed by atoms with Gasteiger partial charge in [-0.05, 0) is 37.3 Å². The van der Waals surface area contributed by atoms with Crippen molar-refractivity contribution < 1.29 is 14.4 Å². The van der Waals surface area contributed by atoms with Crippen molar-refractivity contribution in [3.05, 3.63) is 35.1 Å². The third-order valence-electron chi connectivity index (χ3n) is 6.73. The van der Waals surface area contributed by atoms with Crippen LogP contribution in [0.15, 0.2) is 24.7 Å². The number of aryl methyl sites for hydroxylation is 1. The van der Waals surface area contributed by atoms with Gasteiger partial charge in [0, 0.05) is 23.4 Å². The maximum absolute atomic E-state index is 13.1. The number of thiophene rings is 1. The number of rotatable bonds is 6.